The van der Waals surface area contributed by atoms with Gasteiger partial charge in [0.05, 0.1) is 0 Å². The average Bonchev–Trinajstić information content (AvgIpc) is 2.98. The Labute approximate surface area is 94.1 Å². The van der Waals surface area contributed by atoms with E-state index in [4.69, 9.17) is 0 Å². The van der Waals surface area contributed by atoms with Crippen LogP contribution in [0.4, 0.5) is 5.69 Å². The van der Waals surface area contributed by atoms with Crippen molar-refractivity contribution in [2.24, 2.45) is 5.92 Å². The maximum atomic E-state index is 3.59. The van der Waals surface area contributed by atoms with Gasteiger partial charge in [-0.2, -0.15) is 0 Å². The van der Waals surface area contributed by atoms with Gasteiger partial charge in [0.25, 0.3) is 0 Å². The maximum absolute atomic E-state index is 3.59. The highest BCUT2D eigenvalue weighted by Crippen LogP contribution is 2.34. The minimum atomic E-state index is 0.626. The number of hydrogen-bond acceptors (Lipinski definition) is 2. The van der Waals surface area contributed by atoms with Crippen LogP contribution in [0.15, 0.2) is 29.6 Å². The molecule has 0 spiro atoms. The molecular formula is C13H15NS. The van der Waals surface area contributed by atoms with E-state index in [1.165, 1.54) is 28.6 Å². The van der Waals surface area contributed by atoms with Crippen LogP contribution in [-0.2, 0) is 0 Å². The van der Waals surface area contributed by atoms with Crippen molar-refractivity contribution in [2.45, 2.75) is 25.8 Å². The van der Waals surface area contributed by atoms with Crippen LogP contribution in [0.1, 0.15) is 19.8 Å². The first-order chi connectivity index (χ1) is 7.33. The molecule has 1 fully saturated rings. The second-order valence-electron chi connectivity index (χ2n) is 4.44. The van der Waals surface area contributed by atoms with E-state index in [1.54, 1.807) is 11.3 Å². The minimum Gasteiger partial charge on any atom is -0.382 e. The summed E-state index contributed by atoms with van der Waals surface area (Å²) in [5.74, 6) is 0.906. The quantitative estimate of drug-likeness (QED) is 0.815. The van der Waals surface area contributed by atoms with Crippen LogP contribution in [0.3, 0.4) is 0 Å². The molecule has 1 unspecified atom stereocenters. The highest BCUT2D eigenvalue weighted by Gasteiger charge is 2.27. The zero-order valence-corrected chi connectivity index (χ0v) is 9.68. The van der Waals surface area contributed by atoms with Crippen LogP contribution < -0.4 is 5.32 Å². The molecule has 15 heavy (non-hydrogen) atoms. The Morgan fingerprint density at radius 2 is 2.20 bits per heavy atom. The third-order valence-electron chi connectivity index (χ3n) is 3.18. The first kappa shape index (κ1) is 9.22. The second-order valence-corrected chi connectivity index (χ2v) is 5.39. The molecule has 78 valence electrons. The standard InChI is InChI=1S/C13H15NS/c1-9(10-2-3-10)14-12-4-5-13-11(8-12)6-7-15-13/h4-10,14H,2-3H2,1H3. The van der Waals surface area contributed by atoms with Gasteiger partial charge in [-0.05, 0) is 60.7 Å². The van der Waals surface area contributed by atoms with Gasteiger partial charge in [0, 0.05) is 16.4 Å². The van der Waals surface area contributed by atoms with Gasteiger partial charge in [0.15, 0.2) is 0 Å². The number of anilines is 1. The van der Waals surface area contributed by atoms with Gasteiger partial charge in [-0.3, -0.25) is 0 Å². The normalized spacial score (nSPS) is 17.9. The lowest BCUT2D eigenvalue weighted by Crippen LogP contribution is -2.16. The van der Waals surface area contributed by atoms with Crippen LogP contribution in [0.25, 0.3) is 10.1 Å². The van der Waals surface area contributed by atoms with Gasteiger partial charge >= 0.3 is 0 Å². The molecule has 0 aliphatic heterocycles. The fraction of sp³-hybridized carbons (Fsp3) is 0.385. The van der Waals surface area contributed by atoms with Crippen molar-refractivity contribution in [3.05, 3.63) is 29.6 Å². The number of nitrogens with one attached hydrogen (secondary N) is 1. The van der Waals surface area contributed by atoms with Crippen LogP contribution in [0.5, 0.6) is 0 Å². The van der Waals surface area contributed by atoms with E-state index in [0.717, 1.165) is 5.92 Å². The molecule has 3 rings (SSSR count). The highest BCUT2D eigenvalue weighted by molar-refractivity contribution is 7.17. The number of thiophene rings is 1. The topological polar surface area (TPSA) is 12.0 Å². The van der Waals surface area contributed by atoms with Crippen molar-refractivity contribution in [3.63, 3.8) is 0 Å². The molecule has 1 aromatic carbocycles. The molecule has 1 saturated carbocycles. The van der Waals surface area contributed by atoms with Crippen molar-refractivity contribution in [2.75, 3.05) is 5.32 Å². The van der Waals surface area contributed by atoms with E-state index in [2.05, 4.69) is 41.9 Å². The van der Waals surface area contributed by atoms with Crippen molar-refractivity contribution in [1.29, 1.82) is 0 Å². The molecule has 1 aromatic heterocycles. The lowest BCUT2D eigenvalue weighted by Gasteiger charge is -2.14. The maximum Gasteiger partial charge on any atom is 0.0349 e. The summed E-state index contributed by atoms with van der Waals surface area (Å²) in [7, 11) is 0. The monoisotopic (exact) mass is 217 g/mol. The SMILES string of the molecule is CC(Nc1ccc2sccc2c1)C1CC1. The third kappa shape index (κ3) is 1.86. The largest absolute Gasteiger partial charge is 0.382 e. The zero-order valence-electron chi connectivity index (χ0n) is 8.86. The molecule has 1 N–H and O–H groups in total. The van der Waals surface area contributed by atoms with E-state index < -0.39 is 0 Å². The Bertz CT molecular complexity index is 470. The van der Waals surface area contributed by atoms with Crippen molar-refractivity contribution in [1.82, 2.24) is 0 Å². The summed E-state index contributed by atoms with van der Waals surface area (Å²) in [6.07, 6.45) is 2.80. The van der Waals surface area contributed by atoms with Crippen LogP contribution in [0, 0.1) is 5.92 Å². The molecule has 0 amide bonds. The number of benzene rings is 1. The molecule has 2 heteroatoms. The fourth-order valence-corrected chi connectivity index (χ4v) is 2.80. The summed E-state index contributed by atoms with van der Waals surface area (Å²) in [4.78, 5) is 0. The van der Waals surface area contributed by atoms with E-state index in [-0.39, 0.29) is 0 Å². The van der Waals surface area contributed by atoms with Gasteiger partial charge in [0.2, 0.25) is 0 Å². The molecule has 1 aliphatic carbocycles. The Balaban J connectivity index is 1.83. The van der Waals surface area contributed by atoms with E-state index in [0.29, 0.717) is 6.04 Å². The summed E-state index contributed by atoms with van der Waals surface area (Å²) >= 11 is 1.81. The minimum absolute atomic E-state index is 0.626. The predicted molar refractivity (Wildman–Crippen MR) is 67.6 cm³/mol. The Kier molecular flexibility index (Phi) is 2.17. The Hall–Kier alpha value is -1.02. The molecule has 1 heterocycles. The molecule has 0 radical (unpaired) electrons. The van der Waals surface area contributed by atoms with Crippen molar-refractivity contribution in [3.8, 4) is 0 Å². The molecule has 1 nitrogen and oxygen atoms in total. The lowest BCUT2D eigenvalue weighted by atomic mass is 10.2. The zero-order chi connectivity index (χ0) is 10.3. The van der Waals surface area contributed by atoms with Crippen LogP contribution in [-0.4, -0.2) is 6.04 Å². The molecule has 1 atom stereocenters. The smallest absolute Gasteiger partial charge is 0.0349 e. The van der Waals surface area contributed by atoms with Crippen molar-refractivity contribution >= 4 is 27.1 Å². The van der Waals surface area contributed by atoms with Crippen LogP contribution >= 0.6 is 11.3 Å². The van der Waals surface area contributed by atoms with Gasteiger partial charge in [-0.1, -0.05) is 0 Å². The molecule has 2 aromatic rings. The van der Waals surface area contributed by atoms with E-state index >= 15 is 0 Å². The summed E-state index contributed by atoms with van der Waals surface area (Å²) in [5, 5.41) is 7.10. The van der Waals surface area contributed by atoms with Crippen LogP contribution in [0.2, 0.25) is 0 Å². The number of hydrogen-bond donors (Lipinski definition) is 1. The summed E-state index contributed by atoms with van der Waals surface area (Å²) in [6.45, 7) is 2.29. The van der Waals surface area contributed by atoms with Gasteiger partial charge in [-0.15, -0.1) is 11.3 Å². The van der Waals surface area contributed by atoms with Gasteiger partial charge in [-0.25, -0.2) is 0 Å². The summed E-state index contributed by atoms with van der Waals surface area (Å²) in [6, 6.07) is 9.47. The number of fused-ring (bicyclic) bond motifs is 1. The summed E-state index contributed by atoms with van der Waals surface area (Å²) < 4.78 is 1.37. The van der Waals surface area contributed by atoms with E-state index in [1.807, 2.05) is 0 Å². The van der Waals surface area contributed by atoms with Crippen molar-refractivity contribution < 1.29 is 0 Å². The molecule has 0 bridgehead atoms. The first-order valence-corrected chi connectivity index (χ1v) is 6.45. The third-order valence-corrected chi connectivity index (χ3v) is 4.07. The lowest BCUT2D eigenvalue weighted by molar-refractivity contribution is 0.694. The summed E-state index contributed by atoms with van der Waals surface area (Å²) in [5.41, 5.74) is 1.26. The average molecular weight is 217 g/mol. The molecule has 0 saturated heterocycles. The first-order valence-electron chi connectivity index (χ1n) is 5.57. The Morgan fingerprint density at radius 3 is 3.00 bits per heavy atom. The fourth-order valence-electron chi connectivity index (χ4n) is 2.03. The van der Waals surface area contributed by atoms with Gasteiger partial charge < -0.3 is 5.32 Å². The number of rotatable bonds is 3. The molecular weight excluding hydrogens is 202 g/mol. The van der Waals surface area contributed by atoms with E-state index in [9.17, 15) is 0 Å². The second kappa shape index (κ2) is 3.53. The predicted octanol–water partition coefficient (Wildman–Crippen LogP) is 4.11. The molecule has 1 aliphatic rings. The Morgan fingerprint density at radius 1 is 1.33 bits per heavy atom. The highest BCUT2D eigenvalue weighted by atomic mass is 32.1. The van der Waals surface area contributed by atoms with Gasteiger partial charge in [0.1, 0.15) is 0 Å².